The molecule has 2 rings (SSSR count). The Hall–Kier alpha value is -0.890. The van der Waals surface area contributed by atoms with Gasteiger partial charge in [-0.15, -0.1) is 0 Å². The van der Waals surface area contributed by atoms with Crippen LogP contribution in [0.5, 0.6) is 0 Å². The molecule has 1 aromatic heterocycles. The van der Waals surface area contributed by atoms with E-state index in [9.17, 15) is 8.42 Å². The summed E-state index contributed by atoms with van der Waals surface area (Å²) in [6.07, 6.45) is 1.61. The molecule has 1 saturated heterocycles. The highest BCUT2D eigenvalue weighted by Crippen LogP contribution is 2.21. The average Bonchev–Trinajstić information content (AvgIpc) is 2.72. The summed E-state index contributed by atoms with van der Waals surface area (Å²) in [7, 11) is -3.61. The van der Waals surface area contributed by atoms with Crippen molar-refractivity contribution in [2.45, 2.75) is 37.3 Å². The zero-order valence-corrected chi connectivity index (χ0v) is 11.0. The van der Waals surface area contributed by atoms with E-state index in [2.05, 4.69) is 4.72 Å². The first-order chi connectivity index (χ1) is 8.53. The largest absolute Gasteiger partial charge is 0.462 e. The lowest BCUT2D eigenvalue weighted by Crippen LogP contribution is -2.40. The number of aryl methyl sites for hydroxylation is 1. The standard InChI is InChI=1S/C11H17NO5S/c1-8-11(5-10(6-13)17-8)18(14,15)12-9-3-2-4-16-7-9/h5,9,12-13H,2-4,6-7H2,1H3. The van der Waals surface area contributed by atoms with Crippen molar-refractivity contribution in [3.63, 3.8) is 0 Å². The molecule has 0 spiro atoms. The summed E-state index contributed by atoms with van der Waals surface area (Å²) < 4.78 is 37.2. The van der Waals surface area contributed by atoms with E-state index < -0.39 is 10.0 Å². The first-order valence-corrected chi connectivity index (χ1v) is 7.31. The van der Waals surface area contributed by atoms with Crippen LogP contribution in [0.15, 0.2) is 15.4 Å². The molecule has 102 valence electrons. The number of rotatable bonds is 4. The number of aliphatic hydroxyl groups excluding tert-OH is 1. The molecule has 0 aromatic carbocycles. The fourth-order valence-electron chi connectivity index (χ4n) is 1.99. The Kier molecular flexibility index (Phi) is 4.06. The molecule has 1 fully saturated rings. The molecule has 1 aromatic rings. The van der Waals surface area contributed by atoms with Crippen LogP contribution in [0, 0.1) is 6.92 Å². The molecule has 1 unspecified atom stereocenters. The quantitative estimate of drug-likeness (QED) is 0.837. The van der Waals surface area contributed by atoms with E-state index in [-0.39, 0.29) is 29.1 Å². The van der Waals surface area contributed by atoms with Gasteiger partial charge in [0.1, 0.15) is 23.0 Å². The lowest BCUT2D eigenvalue weighted by Gasteiger charge is -2.22. The van der Waals surface area contributed by atoms with Gasteiger partial charge in [-0.05, 0) is 19.8 Å². The minimum Gasteiger partial charge on any atom is -0.462 e. The highest BCUT2D eigenvalue weighted by molar-refractivity contribution is 7.89. The van der Waals surface area contributed by atoms with E-state index in [0.717, 1.165) is 12.8 Å². The van der Waals surface area contributed by atoms with Gasteiger partial charge in [0.05, 0.1) is 6.61 Å². The summed E-state index contributed by atoms with van der Waals surface area (Å²) >= 11 is 0. The first-order valence-electron chi connectivity index (χ1n) is 5.83. The van der Waals surface area contributed by atoms with Crippen LogP contribution < -0.4 is 4.72 Å². The van der Waals surface area contributed by atoms with Crippen molar-refractivity contribution in [3.05, 3.63) is 17.6 Å². The molecule has 6 nitrogen and oxygen atoms in total. The van der Waals surface area contributed by atoms with Gasteiger partial charge in [-0.1, -0.05) is 0 Å². The van der Waals surface area contributed by atoms with E-state index >= 15 is 0 Å². The van der Waals surface area contributed by atoms with Gasteiger partial charge >= 0.3 is 0 Å². The van der Waals surface area contributed by atoms with E-state index in [1.54, 1.807) is 6.92 Å². The van der Waals surface area contributed by atoms with Gasteiger partial charge in [0.2, 0.25) is 10.0 Å². The third-order valence-corrected chi connectivity index (χ3v) is 4.48. The van der Waals surface area contributed by atoms with Crippen molar-refractivity contribution >= 4 is 10.0 Å². The third-order valence-electron chi connectivity index (χ3n) is 2.85. The molecule has 0 aliphatic carbocycles. The van der Waals surface area contributed by atoms with E-state index in [1.807, 2.05) is 0 Å². The first kappa shape index (κ1) is 13.5. The lowest BCUT2D eigenvalue weighted by atomic mass is 10.1. The zero-order chi connectivity index (χ0) is 13.2. The van der Waals surface area contributed by atoms with Crippen molar-refractivity contribution in [2.24, 2.45) is 0 Å². The van der Waals surface area contributed by atoms with Gasteiger partial charge in [0, 0.05) is 18.7 Å². The topological polar surface area (TPSA) is 88.8 Å². The van der Waals surface area contributed by atoms with Crippen molar-refractivity contribution in [1.82, 2.24) is 4.72 Å². The number of furan rings is 1. The summed E-state index contributed by atoms with van der Waals surface area (Å²) in [4.78, 5) is 0.0807. The van der Waals surface area contributed by atoms with Crippen molar-refractivity contribution < 1.29 is 22.7 Å². The van der Waals surface area contributed by atoms with Crippen molar-refractivity contribution in [2.75, 3.05) is 13.2 Å². The number of hydrogen-bond donors (Lipinski definition) is 2. The Morgan fingerprint density at radius 1 is 1.56 bits per heavy atom. The summed E-state index contributed by atoms with van der Waals surface area (Å²) in [6.45, 7) is 2.31. The van der Waals surface area contributed by atoms with E-state index in [4.69, 9.17) is 14.3 Å². The van der Waals surface area contributed by atoms with Gasteiger partial charge in [-0.25, -0.2) is 13.1 Å². The van der Waals surface area contributed by atoms with Crippen LogP contribution in [0.4, 0.5) is 0 Å². The molecular formula is C11H17NO5S. The average molecular weight is 275 g/mol. The predicted octanol–water partition coefficient (Wildman–Crippen LogP) is 0.538. The Labute approximate surface area is 106 Å². The molecule has 1 aliphatic heterocycles. The Balaban J connectivity index is 2.16. The van der Waals surface area contributed by atoms with Crippen LogP contribution in [0.3, 0.4) is 0 Å². The molecule has 0 bridgehead atoms. The zero-order valence-electron chi connectivity index (χ0n) is 10.2. The van der Waals surface area contributed by atoms with Gasteiger partial charge in [-0.2, -0.15) is 0 Å². The summed E-state index contributed by atoms with van der Waals surface area (Å²) in [6, 6.07) is 1.15. The summed E-state index contributed by atoms with van der Waals surface area (Å²) in [5.74, 6) is 0.524. The van der Waals surface area contributed by atoms with Gasteiger partial charge in [-0.3, -0.25) is 0 Å². The van der Waals surface area contributed by atoms with Crippen molar-refractivity contribution in [3.8, 4) is 0 Å². The van der Waals surface area contributed by atoms with Gasteiger partial charge < -0.3 is 14.3 Å². The van der Waals surface area contributed by atoms with Crippen LogP contribution in [-0.4, -0.2) is 32.8 Å². The maximum absolute atomic E-state index is 12.1. The molecule has 1 atom stereocenters. The number of hydrogen-bond acceptors (Lipinski definition) is 5. The van der Waals surface area contributed by atoms with Gasteiger partial charge in [0.25, 0.3) is 0 Å². The second-order valence-corrected chi connectivity index (χ2v) is 6.01. The predicted molar refractivity (Wildman–Crippen MR) is 63.5 cm³/mol. The number of nitrogens with one attached hydrogen (secondary N) is 1. The Bertz CT molecular complexity index is 502. The summed E-state index contributed by atoms with van der Waals surface area (Å²) in [5.41, 5.74) is 0. The van der Waals surface area contributed by atoms with Crippen LogP contribution >= 0.6 is 0 Å². The smallest absolute Gasteiger partial charge is 0.244 e. The normalized spacial score (nSPS) is 21.1. The minimum atomic E-state index is -3.61. The third kappa shape index (κ3) is 2.92. The molecular weight excluding hydrogens is 258 g/mol. The molecule has 0 saturated carbocycles. The molecule has 2 N–H and O–H groups in total. The molecule has 0 amide bonds. The summed E-state index contributed by atoms with van der Waals surface area (Å²) in [5, 5.41) is 8.93. The Morgan fingerprint density at radius 2 is 2.33 bits per heavy atom. The highest BCUT2D eigenvalue weighted by Gasteiger charge is 2.25. The monoisotopic (exact) mass is 275 g/mol. The number of sulfonamides is 1. The van der Waals surface area contributed by atoms with Crippen LogP contribution in [-0.2, 0) is 21.4 Å². The molecule has 2 heterocycles. The molecule has 1 aliphatic rings. The fourth-order valence-corrected chi connectivity index (χ4v) is 3.44. The fraction of sp³-hybridized carbons (Fsp3) is 0.636. The van der Waals surface area contributed by atoms with Crippen LogP contribution in [0.25, 0.3) is 0 Å². The highest BCUT2D eigenvalue weighted by atomic mass is 32.2. The maximum Gasteiger partial charge on any atom is 0.244 e. The SMILES string of the molecule is Cc1oc(CO)cc1S(=O)(=O)NC1CCCOC1. The van der Waals surface area contributed by atoms with Crippen LogP contribution in [0.2, 0.25) is 0 Å². The maximum atomic E-state index is 12.1. The van der Waals surface area contributed by atoms with Crippen LogP contribution in [0.1, 0.15) is 24.4 Å². The second kappa shape index (κ2) is 5.40. The molecule has 18 heavy (non-hydrogen) atoms. The van der Waals surface area contributed by atoms with Gasteiger partial charge in [0.15, 0.2) is 0 Å². The number of ether oxygens (including phenoxy) is 1. The number of aliphatic hydroxyl groups is 1. The van der Waals surface area contributed by atoms with E-state index in [0.29, 0.717) is 13.2 Å². The van der Waals surface area contributed by atoms with E-state index in [1.165, 1.54) is 6.07 Å². The Morgan fingerprint density at radius 3 is 2.89 bits per heavy atom. The lowest BCUT2D eigenvalue weighted by molar-refractivity contribution is 0.0774. The second-order valence-electron chi connectivity index (χ2n) is 4.33. The molecule has 0 radical (unpaired) electrons. The minimum absolute atomic E-state index is 0.0807. The van der Waals surface area contributed by atoms with Crippen molar-refractivity contribution in [1.29, 1.82) is 0 Å². The molecule has 7 heteroatoms.